The van der Waals surface area contributed by atoms with Crippen LogP contribution in [0.25, 0.3) is 0 Å². The molecule has 2 N–H and O–H groups in total. The van der Waals surface area contributed by atoms with E-state index in [0.29, 0.717) is 19.8 Å². The highest BCUT2D eigenvalue weighted by atomic mass is 16.5. The Hall–Kier alpha value is -0.900. The Morgan fingerprint density at radius 3 is 2.26 bits per heavy atom. The first-order chi connectivity index (χ1) is 8.92. The molecular weight excluding hydrogens is 238 g/mol. The van der Waals surface area contributed by atoms with Crippen molar-refractivity contribution < 1.29 is 9.47 Å². The minimum absolute atomic E-state index is 0.0689. The second-order valence-electron chi connectivity index (χ2n) is 5.74. The first-order valence-electron chi connectivity index (χ1n) is 6.98. The van der Waals surface area contributed by atoms with Crippen molar-refractivity contribution in [2.45, 2.75) is 45.8 Å². The minimum atomic E-state index is -0.110. The van der Waals surface area contributed by atoms with Crippen molar-refractivity contribution in [3.8, 4) is 0 Å². The average Bonchev–Trinajstić information content (AvgIpc) is 2.37. The third-order valence-corrected chi connectivity index (χ3v) is 2.88. The molecular formula is C16H27NO2. The van der Waals surface area contributed by atoms with E-state index in [1.807, 2.05) is 20.8 Å². The largest absolute Gasteiger partial charge is 0.377 e. The maximum absolute atomic E-state index is 6.09. The van der Waals surface area contributed by atoms with Gasteiger partial charge in [0.05, 0.1) is 31.5 Å². The normalized spacial score (nSPS) is 13.5. The number of aryl methyl sites for hydroxylation is 1. The van der Waals surface area contributed by atoms with Crippen molar-refractivity contribution in [3.05, 3.63) is 35.4 Å². The monoisotopic (exact) mass is 265 g/mol. The third-order valence-electron chi connectivity index (χ3n) is 2.88. The van der Waals surface area contributed by atoms with Crippen molar-refractivity contribution in [2.75, 3.05) is 19.8 Å². The molecule has 1 unspecified atom stereocenters. The van der Waals surface area contributed by atoms with Gasteiger partial charge in [0.2, 0.25) is 0 Å². The van der Waals surface area contributed by atoms with Crippen LogP contribution in [0.15, 0.2) is 24.3 Å². The molecule has 19 heavy (non-hydrogen) atoms. The van der Waals surface area contributed by atoms with Gasteiger partial charge >= 0.3 is 0 Å². The lowest BCUT2D eigenvalue weighted by Gasteiger charge is -2.20. The zero-order chi connectivity index (χ0) is 14.3. The summed E-state index contributed by atoms with van der Waals surface area (Å²) in [5.41, 5.74) is 8.43. The fraction of sp³-hybridized carbons (Fsp3) is 0.625. The van der Waals surface area contributed by atoms with Crippen LogP contribution in [0.2, 0.25) is 0 Å². The molecule has 0 aliphatic heterocycles. The van der Waals surface area contributed by atoms with Gasteiger partial charge in [-0.05, 0) is 38.3 Å². The summed E-state index contributed by atoms with van der Waals surface area (Å²) in [4.78, 5) is 0. The van der Waals surface area contributed by atoms with E-state index in [-0.39, 0.29) is 11.6 Å². The predicted octanol–water partition coefficient (Wildman–Crippen LogP) is 3.08. The summed E-state index contributed by atoms with van der Waals surface area (Å²) in [6.07, 6.45) is 1.05. The highest BCUT2D eigenvalue weighted by Gasteiger charge is 2.10. The highest BCUT2D eigenvalue weighted by molar-refractivity contribution is 5.24. The molecule has 0 spiro atoms. The Balaban J connectivity index is 2.25. The summed E-state index contributed by atoms with van der Waals surface area (Å²) in [7, 11) is 0. The fourth-order valence-corrected chi connectivity index (χ4v) is 1.71. The van der Waals surface area contributed by atoms with Gasteiger partial charge in [0.1, 0.15) is 0 Å². The van der Waals surface area contributed by atoms with Gasteiger partial charge in [-0.25, -0.2) is 0 Å². The van der Waals surface area contributed by atoms with Gasteiger partial charge in [-0.1, -0.05) is 31.2 Å². The summed E-state index contributed by atoms with van der Waals surface area (Å²) in [5.74, 6) is 0. The van der Waals surface area contributed by atoms with Gasteiger partial charge in [0.25, 0.3) is 0 Å². The zero-order valence-corrected chi connectivity index (χ0v) is 12.6. The van der Waals surface area contributed by atoms with E-state index in [2.05, 4.69) is 31.2 Å². The van der Waals surface area contributed by atoms with Gasteiger partial charge in [0, 0.05) is 0 Å². The molecule has 0 saturated heterocycles. The molecule has 3 nitrogen and oxygen atoms in total. The second kappa shape index (κ2) is 7.63. The molecule has 0 bridgehead atoms. The van der Waals surface area contributed by atoms with E-state index >= 15 is 0 Å². The van der Waals surface area contributed by atoms with E-state index in [9.17, 15) is 0 Å². The molecule has 0 fully saturated rings. The van der Waals surface area contributed by atoms with Crippen molar-refractivity contribution in [3.63, 3.8) is 0 Å². The Labute approximate surface area is 117 Å². The Morgan fingerprint density at radius 2 is 1.74 bits per heavy atom. The van der Waals surface area contributed by atoms with Crippen LogP contribution in [-0.4, -0.2) is 25.4 Å². The van der Waals surface area contributed by atoms with Crippen LogP contribution in [0.3, 0.4) is 0 Å². The van der Waals surface area contributed by atoms with Crippen molar-refractivity contribution in [2.24, 2.45) is 5.73 Å². The van der Waals surface area contributed by atoms with Gasteiger partial charge in [-0.3, -0.25) is 0 Å². The molecule has 0 radical (unpaired) electrons. The predicted molar refractivity (Wildman–Crippen MR) is 79.3 cm³/mol. The van der Waals surface area contributed by atoms with Gasteiger partial charge in [0.15, 0.2) is 0 Å². The number of hydrogen-bond acceptors (Lipinski definition) is 3. The summed E-state index contributed by atoms with van der Waals surface area (Å²) in [5, 5.41) is 0. The van der Waals surface area contributed by atoms with E-state index < -0.39 is 0 Å². The van der Waals surface area contributed by atoms with Crippen LogP contribution in [0.5, 0.6) is 0 Å². The lowest BCUT2D eigenvalue weighted by atomic mass is 10.1. The Kier molecular flexibility index (Phi) is 6.49. The quantitative estimate of drug-likeness (QED) is 0.771. The number of ether oxygens (including phenoxy) is 2. The Bertz CT molecular complexity index is 354. The maximum atomic E-state index is 6.09. The number of nitrogens with two attached hydrogens (primary N) is 1. The molecule has 0 saturated carbocycles. The van der Waals surface area contributed by atoms with E-state index in [4.69, 9.17) is 15.2 Å². The molecule has 1 rings (SSSR count). The van der Waals surface area contributed by atoms with E-state index in [0.717, 1.165) is 12.0 Å². The first-order valence-corrected chi connectivity index (χ1v) is 6.98. The maximum Gasteiger partial charge on any atom is 0.0707 e. The van der Waals surface area contributed by atoms with Crippen LogP contribution in [0.4, 0.5) is 0 Å². The number of hydrogen-bond donors (Lipinski definition) is 1. The van der Waals surface area contributed by atoms with Gasteiger partial charge in [-0.2, -0.15) is 0 Å². The fourth-order valence-electron chi connectivity index (χ4n) is 1.71. The van der Waals surface area contributed by atoms with Crippen LogP contribution in [0, 0.1) is 0 Å². The standard InChI is InChI=1S/C16H27NO2/c1-5-13-6-8-14(9-7-13)15(17)12-18-10-11-19-16(2,3)4/h6-9,15H,5,10-12,17H2,1-4H3. The first kappa shape index (κ1) is 16.2. The van der Waals surface area contributed by atoms with Gasteiger partial charge < -0.3 is 15.2 Å². The molecule has 108 valence electrons. The number of rotatable bonds is 7. The molecule has 0 aliphatic rings. The highest BCUT2D eigenvalue weighted by Crippen LogP contribution is 2.12. The second-order valence-corrected chi connectivity index (χ2v) is 5.74. The molecule has 1 atom stereocenters. The summed E-state index contributed by atoms with van der Waals surface area (Å²) < 4.78 is 11.1. The van der Waals surface area contributed by atoms with Crippen LogP contribution < -0.4 is 5.73 Å². The smallest absolute Gasteiger partial charge is 0.0707 e. The Morgan fingerprint density at radius 1 is 1.11 bits per heavy atom. The lowest BCUT2D eigenvalue weighted by Crippen LogP contribution is -2.23. The summed E-state index contributed by atoms with van der Waals surface area (Å²) in [6, 6.07) is 8.34. The SMILES string of the molecule is CCc1ccc(C(N)COCCOC(C)(C)C)cc1. The topological polar surface area (TPSA) is 44.5 Å². The van der Waals surface area contributed by atoms with Crippen molar-refractivity contribution >= 4 is 0 Å². The van der Waals surface area contributed by atoms with Gasteiger partial charge in [-0.15, -0.1) is 0 Å². The average molecular weight is 265 g/mol. The van der Waals surface area contributed by atoms with Crippen molar-refractivity contribution in [1.29, 1.82) is 0 Å². The third kappa shape index (κ3) is 6.71. The molecule has 0 aliphatic carbocycles. The summed E-state index contributed by atoms with van der Waals surface area (Å²) in [6.45, 7) is 9.96. The zero-order valence-electron chi connectivity index (χ0n) is 12.6. The van der Waals surface area contributed by atoms with Crippen molar-refractivity contribution in [1.82, 2.24) is 0 Å². The number of benzene rings is 1. The lowest BCUT2D eigenvalue weighted by molar-refractivity contribution is -0.0363. The molecule has 3 heteroatoms. The molecule has 1 aromatic carbocycles. The van der Waals surface area contributed by atoms with Crippen LogP contribution in [-0.2, 0) is 15.9 Å². The van der Waals surface area contributed by atoms with Crippen LogP contribution in [0.1, 0.15) is 44.9 Å². The molecule has 0 aromatic heterocycles. The minimum Gasteiger partial charge on any atom is -0.377 e. The summed E-state index contributed by atoms with van der Waals surface area (Å²) >= 11 is 0. The van der Waals surface area contributed by atoms with E-state index in [1.54, 1.807) is 0 Å². The van der Waals surface area contributed by atoms with E-state index in [1.165, 1.54) is 5.56 Å². The molecule has 0 heterocycles. The molecule has 1 aromatic rings. The molecule has 0 amide bonds. The van der Waals surface area contributed by atoms with Crippen LogP contribution >= 0.6 is 0 Å².